The lowest BCUT2D eigenvalue weighted by atomic mass is 10.1. The minimum atomic E-state index is -0.123. The SMILES string of the molecule is CCc1ccccc1NC(=O)c1csc(C#CCCO)c1. The van der Waals surface area contributed by atoms with Crippen LogP contribution in [-0.2, 0) is 6.42 Å². The quantitative estimate of drug-likeness (QED) is 0.851. The third kappa shape index (κ3) is 4.19. The van der Waals surface area contributed by atoms with Gasteiger partial charge in [-0.1, -0.05) is 37.0 Å². The van der Waals surface area contributed by atoms with Gasteiger partial charge < -0.3 is 10.4 Å². The fraction of sp³-hybridized carbons (Fsp3) is 0.235. The van der Waals surface area contributed by atoms with Crippen LogP contribution >= 0.6 is 11.3 Å². The van der Waals surface area contributed by atoms with E-state index in [-0.39, 0.29) is 12.5 Å². The first kappa shape index (κ1) is 15.3. The average molecular weight is 299 g/mol. The smallest absolute Gasteiger partial charge is 0.256 e. The molecule has 0 unspecified atom stereocenters. The normalized spacial score (nSPS) is 9.81. The largest absolute Gasteiger partial charge is 0.395 e. The molecular formula is C17H17NO2S. The lowest BCUT2D eigenvalue weighted by Crippen LogP contribution is -2.12. The summed E-state index contributed by atoms with van der Waals surface area (Å²) < 4.78 is 0. The Morgan fingerprint density at radius 1 is 1.38 bits per heavy atom. The summed E-state index contributed by atoms with van der Waals surface area (Å²) in [6.45, 7) is 2.12. The predicted octanol–water partition coefficient (Wildman–Crippen LogP) is 3.30. The maximum absolute atomic E-state index is 12.2. The number of benzene rings is 1. The van der Waals surface area contributed by atoms with Crippen molar-refractivity contribution >= 4 is 22.9 Å². The summed E-state index contributed by atoms with van der Waals surface area (Å²) in [4.78, 5) is 13.1. The number of hydrogen-bond acceptors (Lipinski definition) is 3. The van der Waals surface area contributed by atoms with Crippen LogP contribution < -0.4 is 5.32 Å². The molecule has 0 saturated heterocycles. The van der Waals surface area contributed by atoms with Crippen molar-refractivity contribution in [2.75, 3.05) is 11.9 Å². The number of anilines is 1. The van der Waals surface area contributed by atoms with Crippen molar-refractivity contribution in [2.24, 2.45) is 0 Å². The highest BCUT2D eigenvalue weighted by molar-refractivity contribution is 7.10. The Bertz CT molecular complexity index is 679. The number of rotatable bonds is 4. The van der Waals surface area contributed by atoms with Crippen molar-refractivity contribution in [2.45, 2.75) is 19.8 Å². The van der Waals surface area contributed by atoms with Gasteiger partial charge in [0.2, 0.25) is 0 Å². The summed E-state index contributed by atoms with van der Waals surface area (Å²) in [7, 11) is 0. The topological polar surface area (TPSA) is 49.3 Å². The molecule has 1 amide bonds. The first-order chi connectivity index (χ1) is 10.2. The molecule has 2 N–H and O–H groups in total. The van der Waals surface area contributed by atoms with Gasteiger partial charge in [0, 0.05) is 17.5 Å². The number of amides is 1. The van der Waals surface area contributed by atoms with E-state index in [2.05, 4.69) is 24.1 Å². The van der Waals surface area contributed by atoms with Gasteiger partial charge in [0.05, 0.1) is 17.0 Å². The Hall–Kier alpha value is -2.09. The molecule has 108 valence electrons. The number of nitrogens with one attached hydrogen (secondary N) is 1. The van der Waals surface area contributed by atoms with Crippen molar-refractivity contribution in [1.82, 2.24) is 0 Å². The molecule has 0 saturated carbocycles. The van der Waals surface area contributed by atoms with E-state index in [1.54, 1.807) is 11.4 Å². The van der Waals surface area contributed by atoms with Gasteiger partial charge in [-0.2, -0.15) is 0 Å². The van der Waals surface area contributed by atoms with E-state index in [1.165, 1.54) is 11.3 Å². The zero-order chi connectivity index (χ0) is 15.1. The van der Waals surface area contributed by atoms with Gasteiger partial charge in [-0.3, -0.25) is 4.79 Å². The molecule has 0 radical (unpaired) electrons. The summed E-state index contributed by atoms with van der Waals surface area (Å²) in [5.41, 5.74) is 2.58. The third-order valence-corrected chi connectivity index (χ3v) is 3.80. The van der Waals surface area contributed by atoms with Crippen LogP contribution in [0, 0.1) is 11.8 Å². The maximum atomic E-state index is 12.2. The molecule has 0 aliphatic rings. The lowest BCUT2D eigenvalue weighted by molar-refractivity contribution is 0.102. The number of thiophene rings is 1. The summed E-state index contributed by atoms with van der Waals surface area (Å²) in [5.74, 6) is 5.66. The molecule has 1 aromatic carbocycles. The monoisotopic (exact) mass is 299 g/mol. The molecule has 2 rings (SSSR count). The van der Waals surface area contributed by atoms with Crippen LogP contribution in [0.4, 0.5) is 5.69 Å². The Kier molecular flexibility index (Phi) is 5.56. The highest BCUT2D eigenvalue weighted by atomic mass is 32.1. The molecule has 0 spiro atoms. The van der Waals surface area contributed by atoms with E-state index in [0.29, 0.717) is 12.0 Å². The Morgan fingerprint density at radius 2 is 2.19 bits per heavy atom. The second-order valence-electron chi connectivity index (χ2n) is 4.44. The van der Waals surface area contributed by atoms with Crippen LogP contribution in [0.15, 0.2) is 35.7 Å². The van der Waals surface area contributed by atoms with E-state index in [9.17, 15) is 4.79 Å². The number of carbonyl (C=O) groups excluding carboxylic acids is 1. The molecule has 4 heteroatoms. The number of aliphatic hydroxyl groups excluding tert-OH is 1. The summed E-state index contributed by atoms with van der Waals surface area (Å²) in [5, 5.41) is 13.4. The molecule has 2 aromatic rings. The molecule has 3 nitrogen and oxygen atoms in total. The van der Waals surface area contributed by atoms with E-state index < -0.39 is 0 Å². The number of aliphatic hydroxyl groups is 1. The minimum absolute atomic E-state index is 0.0551. The minimum Gasteiger partial charge on any atom is -0.395 e. The zero-order valence-corrected chi connectivity index (χ0v) is 12.7. The molecule has 1 heterocycles. The van der Waals surface area contributed by atoms with Crippen LogP contribution in [-0.4, -0.2) is 17.6 Å². The highest BCUT2D eigenvalue weighted by Gasteiger charge is 2.10. The van der Waals surface area contributed by atoms with Gasteiger partial charge >= 0.3 is 0 Å². The molecule has 0 atom stereocenters. The zero-order valence-electron chi connectivity index (χ0n) is 11.8. The van der Waals surface area contributed by atoms with Gasteiger partial charge in [0.25, 0.3) is 5.91 Å². The van der Waals surface area contributed by atoms with Gasteiger partial charge in [0.1, 0.15) is 0 Å². The van der Waals surface area contributed by atoms with Gasteiger partial charge in [-0.25, -0.2) is 0 Å². The second kappa shape index (κ2) is 7.63. The molecule has 0 aliphatic carbocycles. The van der Waals surface area contributed by atoms with Crippen molar-refractivity contribution < 1.29 is 9.90 Å². The lowest BCUT2D eigenvalue weighted by Gasteiger charge is -2.08. The predicted molar refractivity (Wildman–Crippen MR) is 86.7 cm³/mol. The fourth-order valence-corrected chi connectivity index (χ4v) is 2.63. The van der Waals surface area contributed by atoms with Crippen LogP contribution in [0.1, 0.15) is 34.1 Å². The summed E-state index contributed by atoms with van der Waals surface area (Å²) in [6.07, 6.45) is 1.32. The number of carbonyl (C=O) groups is 1. The summed E-state index contributed by atoms with van der Waals surface area (Å²) >= 11 is 1.43. The van der Waals surface area contributed by atoms with Crippen LogP contribution in [0.2, 0.25) is 0 Å². The molecule has 1 aromatic heterocycles. The summed E-state index contributed by atoms with van der Waals surface area (Å²) in [6, 6.07) is 9.57. The Balaban J connectivity index is 2.09. The first-order valence-electron chi connectivity index (χ1n) is 6.82. The third-order valence-electron chi connectivity index (χ3n) is 2.96. The van der Waals surface area contributed by atoms with E-state index in [1.807, 2.05) is 24.3 Å². The highest BCUT2D eigenvalue weighted by Crippen LogP contribution is 2.19. The number of hydrogen-bond donors (Lipinski definition) is 2. The van der Waals surface area contributed by atoms with Gasteiger partial charge in [-0.05, 0) is 24.1 Å². The average Bonchev–Trinajstić information content (AvgIpc) is 2.97. The number of aryl methyl sites for hydroxylation is 1. The van der Waals surface area contributed by atoms with Crippen LogP contribution in [0.3, 0.4) is 0 Å². The van der Waals surface area contributed by atoms with E-state index >= 15 is 0 Å². The van der Waals surface area contributed by atoms with Crippen LogP contribution in [0.5, 0.6) is 0 Å². The van der Waals surface area contributed by atoms with Crippen molar-refractivity contribution in [3.05, 3.63) is 51.7 Å². The number of para-hydroxylation sites is 1. The first-order valence-corrected chi connectivity index (χ1v) is 7.70. The molecule has 21 heavy (non-hydrogen) atoms. The fourth-order valence-electron chi connectivity index (χ4n) is 1.87. The molecule has 0 fully saturated rings. The van der Waals surface area contributed by atoms with Crippen molar-refractivity contribution in [3.63, 3.8) is 0 Å². The van der Waals surface area contributed by atoms with Crippen LogP contribution in [0.25, 0.3) is 0 Å². The Labute approximate surface area is 128 Å². The molecular weight excluding hydrogens is 282 g/mol. The molecule has 0 bridgehead atoms. The second-order valence-corrected chi connectivity index (χ2v) is 5.35. The Morgan fingerprint density at radius 3 is 2.95 bits per heavy atom. The molecule has 0 aliphatic heterocycles. The van der Waals surface area contributed by atoms with Gasteiger partial charge in [-0.15, -0.1) is 11.3 Å². The van der Waals surface area contributed by atoms with E-state index in [0.717, 1.165) is 22.5 Å². The maximum Gasteiger partial charge on any atom is 0.256 e. The van der Waals surface area contributed by atoms with E-state index in [4.69, 9.17) is 5.11 Å². The van der Waals surface area contributed by atoms with Gasteiger partial charge in [0.15, 0.2) is 0 Å². The van der Waals surface area contributed by atoms with Crippen molar-refractivity contribution in [3.8, 4) is 11.8 Å². The standard InChI is InChI=1S/C17H17NO2S/c1-2-13-7-3-4-9-16(13)18-17(20)14-11-15(21-12-14)8-5-6-10-19/h3-4,7,9,11-12,19H,2,6,10H2,1H3,(H,18,20). The van der Waals surface area contributed by atoms with Crippen molar-refractivity contribution in [1.29, 1.82) is 0 Å².